The highest BCUT2D eigenvalue weighted by molar-refractivity contribution is 5.76. The predicted molar refractivity (Wildman–Crippen MR) is 204 cm³/mol. The molecule has 0 aromatic heterocycles. The second kappa shape index (κ2) is 22.3. The third-order valence-corrected chi connectivity index (χ3v) is 8.29. The Labute approximate surface area is 300 Å². The Hall–Kier alpha value is -4.44. The molecule has 0 N–H and O–H groups in total. The lowest BCUT2D eigenvalue weighted by Crippen LogP contribution is -2.04. The zero-order chi connectivity index (χ0) is 35.2. The summed E-state index contributed by atoms with van der Waals surface area (Å²) < 4.78 is 34.4. The highest BCUT2D eigenvalue weighted by Gasteiger charge is 2.10. The number of ether oxygens (including phenoxy) is 6. The van der Waals surface area contributed by atoms with Crippen molar-refractivity contribution in [1.29, 1.82) is 0 Å². The summed E-state index contributed by atoms with van der Waals surface area (Å²) in [5.41, 5.74) is 5.85. The molecule has 0 aliphatic carbocycles. The standard InChI is InChI=1S/C44H54O6/c1-5-7-9-11-27-47-39-19-15-35(16-20-39)43-25-23-41(49-31-29-45-3)33-37(43)13-14-38-34-42(50-32-30-46-4)24-26-44(38)36-17-21-40(22-18-36)48-28-12-10-8-6-2/h15-26,33-34H,5-12,27-32H2,1-4H3. The van der Waals surface area contributed by atoms with E-state index in [4.69, 9.17) is 28.4 Å². The van der Waals surface area contributed by atoms with Crippen molar-refractivity contribution in [3.8, 4) is 57.1 Å². The van der Waals surface area contributed by atoms with Gasteiger partial charge in [-0.05, 0) is 95.8 Å². The van der Waals surface area contributed by atoms with Crippen molar-refractivity contribution in [2.45, 2.75) is 65.2 Å². The average molecular weight is 679 g/mol. The lowest BCUT2D eigenvalue weighted by atomic mass is 9.97. The highest BCUT2D eigenvalue weighted by Crippen LogP contribution is 2.31. The molecule has 0 fully saturated rings. The quantitative estimate of drug-likeness (QED) is 0.0609. The summed E-state index contributed by atoms with van der Waals surface area (Å²) >= 11 is 0. The summed E-state index contributed by atoms with van der Waals surface area (Å²) in [4.78, 5) is 0. The van der Waals surface area contributed by atoms with Gasteiger partial charge in [0.2, 0.25) is 0 Å². The van der Waals surface area contributed by atoms with Gasteiger partial charge < -0.3 is 28.4 Å². The third kappa shape index (κ3) is 12.8. The van der Waals surface area contributed by atoms with Crippen molar-refractivity contribution in [2.24, 2.45) is 0 Å². The molecular formula is C44H54O6. The van der Waals surface area contributed by atoms with E-state index in [-0.39, 0.29) is 0 Å². The maximum atomic E-state index is 6.01. The zero-order valence-corrected chi connectivity index (χ0v) is 30.4. The van der Waals surface area contributed by atoms with Gasteiger partial charge >= 0.3 is 0 Å². The van der Waals surface area contributed by atoms with Gasteiger partial charge in [-0.1, -0.05) is 88.5 Å². The van der Waals surface area contributed by atoms with E-state index in [0.717, 1.165) is 82.4 Å². The van der Waals surface area contributed by atoms with Crippen molar-refractivity contribution < 1.29 is 28.4 Å². The van der Waals surface area contributed by atoms with Crippen LogP contribution in [0.1, 0.15) is 76.3 Å². The van der Waals surface area contributed by atoms with Crippen LogP contribution in [0, 0.1) is 11.8 Å². The summed E-state index contributed by atoms with van der Waals surface area (Å²) in [7, 11) is 3.34. The van der Waals surface area contributed by atoms with E-state index < -0.39 is 0 Å². The minimum Gasteiger partial charge on any atom is -0.494 e. The molecule has 0 saturated carbocycles. The molecule has 4 rings (SSSR count). The van der Waals surface area contributed by atoms with Gasteiger partial charge in [-0.25, -0.2) is 0 Å². The molecule has 0 aliphatic heterocycles. The normalized spacial score (nSPS) is 10.7. The first kappa shape index (κ1) is 38.4. The van der Waals surface area contributed by atoms with Gasteiger partial charge in [-0.2, -0.15) is 0 Å². The molecular weight excluding hydrogens is 624 g/mol. The third-order valence-electron chi connectivity index (χ3n) is 8.29. The summed E-state index contributed by atoms with van der Waals surface area (Å²) in [6, 6.07) is 28.6. The van der Waals surface area contributed by atoms with Crippen LogP contribution in [0.3, 0.4) is 0 Å². The second-order valence-electron chi connectivity index (χ2n) is 12.2. The van der Waals surface area contributed by atoms with Gasteiger partial charge in [0.25, 0.3) is 0 Å². The van der Waals surface area contributed by atoms with Crippen LogP contribution in [0.4, 0.5) is 0 Å². The predicted octanol–water partition coefficient (Wildman–Crippen LogP) is 10.4. The smallest absolute Gasteiger partial charge is 0.120 e. The van der Waals surface area contributed by atoms with Gasteiger partial charge in [0.05, 0.1) is 26.4 Å². The van der Waals surface area contributed by atoms with Crippen molar-refractivity contribution in [3.63, 3.8) is 0 Å². The molecule has 0 radical (unpaired) electrons. The van der Waals surface area contributed by atoms with Gasteiger partial charge in [0.1, 0.15) is 36.2 Å². The Morgan fingerprint density at radius 2 is 0.780 bits per heavy atom. The Bertz CT molecular complexity index is 1480. The van der Waals surface area contributed by atoms with Crippen LogP contribution in [0.15, 0.2) is 84.9 Å². The number of hydrogen-bond acceptors (Lipinski definition) is 6. The van der Waals surface area contributed by atoms with Crippen LogP contribution >= 0.6 is 0 Å². The molecule has 4 aromatic carbocycles. The fourth-order valence-corrected chi connectivity index (χ4v) is 5.46. The van der Waals surface area contributed by atoms with Gasteiger partial charge in [-0.3, -0.25) is 0 Å². The molecule has 0 spiro atoms. The topological polar surface area (TPSA) is 55.4 Å². The number of unbranched alkanes of at least 4 members (excludes halogenated alkanes) is 6. The van der Waals surface area contributed by atoms with Crippen LogP contribution in [0.2, 0.25) is 0 Å². The molecule has 0 heterocycles. The van der Waals surface area contributed by atoms with Crippen LogP contribution in [0.5, 0.6) is 23.0 Å². The molecule has 266 valence electrons. The van der Waals surface area contributed by atoms with Crippen LogP contribution in [-0.2, 0) is 9.47 Å². The van der Waals surface area contributed by atoms with E-state index in [2.05, 4.69) is 62.1 Å². The van der Waals surface area contributed by atoms with Crippen LogP contribution in [0.25, 0.3) is 22.3 Å². The average Bonchev–Trinajstić information content (AvgIpc) is 3.15. The largest absolute Gasteiger partial charge is 0.494 e. The monoisotopic (exact) mass is 678 g/mol. The van der Waals surface area contributed by atoms with E-state index in [9.17, 15) is 0 Å². The first-order chi connectivity index (χ1) is 24.6. The van der Waals surface area contributed by atoms with Gasteiger partial charge in [0.15, 0.2) is 0 Å². The molecule has 0 unspecified atom stereocenters. The van der Waals surface area contributed by atoms with Crippen molar-refractivity contribution in [3.05, 3.63) is 96.1 Å². The molecule has 6 heteroatoms. The number of hydrogen-bond donors (Lipinski definition) is 0. The molecule has 50 heavy (non-hydrogen) atoms. The van der Waals surface area contributed by atoms with Gasteiger partial charge in [0, 0.05) is 25.3 Å². The summed E-state index contributed by atoms with van der Waals surface area (Å²) in [5, 5.41) is 0. The van der Waals surface area contributed by atoms with Crippen molar-refractivity contribution in [2.75, 3.05) is 53.9 Å². The second-order valence-corrected chi connectivity index (χ2v) is 12.2. The minimum atomic E-state index is 0.455. The van der Waals surface area contributed by atoms with Gasteiger partial charge in [-0.15, -0.1) is 0 Å². The van der Waals surface area contributed by atoms with E-state index in [1.165, 1.54) is 38.5 Å². The maximum Gasteiger partial charge on any atom is 0.120 e. The summed E-state index contributed by atoms with van der Waals surface area (Å²) in [6.45, 7) is 7.82. The van der Waals surface area contributed by atoms with Crippen LogP contribution in [-0.4, -0.2) is 53.9 Å². The highest BCUT2D eigenvalue weighted by atomic mass is 16.5. The van der Waals surface area contributed by atoms with Crippen LogP contribution < -0.4 is 18.9 Å². The molecule has 4 aromatic rings. The molecule has 0 atom stereocenters. The van der Waals surface area contributed by atoms with E-state index in [0.29, 0.717) is 26.4 Å². The first-order valence-corrected chi connectivity index (χ1v) is 18.1. The lowest BCUT2D eigenvalue weighted by molar-refractivity contribution is 0.146. The van der Waals surface area contributed by atoms with Crippen molar-refractivity contribution in [1.82, 2.24) is 0 Å². The number of benzene rings is 4. The lowest BCUT2D eigenvalue weighted by Gasteiger charge is -2.12. The fourth-order valence-electron chi connectivity index (χ4n) is 5.46. The maximum absolute atomic E-state index is 6.01. The Morgan fingerprint density at radius 1 is 0.400 bits per heavy atom. The Kier molecular flexibility index (Phi) is 17.1. The number of methoxy groups -OCH3 is 2. The van der Waals surface area contributed by atoms with E-state index >= 15 is 0 Å². The molecule has 0 amide bonds. The number of rotatable bonds is 22. The SMILES string of the molecule is CCCCCCOc1ccc(-c2ccc(OCCOC)cc2C#Cc2cc(OCCOC)ccc2-c2ccc(OCCCCCC)cc2)cc1. The minimum absolute atomic E-state index is 0.455. The first-order valence-electron chi connectivity index (χ1n) is 18.1. The zero-order valence-electron chi connectivity index (χ0n) is 30.4. The fraction of sp³-hybridized carbons (Fsp3) is 0.409. The van der Waals surface area contributed by atoms with Crippen molar-refractivity contribution >= 4 is 0 Å². The Balaban J connectivity index is 1.64. The molecule has 6 nitrogen and oxygen atoms in total. The molecule has 0 bridgehead atoms. The summed E-state index contributed by atoms with van der Waals surface area (Å²) in [6.07, 6.45) is 9.43. The summed E-state index contributed by atoms with van der Waals surface area (Å²) in [5.74, 6) is 10.2. The molecule has 0 saturated heterocycles. The van der Waals surface area contributed by atoms with E-state index in [1.54, 1.807) is 14.2 Å². The Morgan fingerprint density at radius 3 is 1.16 bits per heavy atom. The van der Waals surface area contributed by atoms with E-state index in [1.807, 2.05) is 48.5 Å². The molecule has 0 aliphatic rings.